The van der Waals surface area contributed by atoms with Gasteiger partial charge >= 0.3 is 24.2 Å². The second kappa shape index (κ2) is 12.1. The molecule has 32 heavy (non-hydrogen) atoms. The molecular weight excluding hydrogens is 505 g/mol. The van der Waals surface area contributed by atoms with Gasteiger partial charge in [-0.15, -0.1) is 0 Å². The molecule has 0 aromatic heterocycles. The molecule has 182 valence electrons. The van der Waals surface area contributed by atoms with Crippen LogP contribution in [0.25, 0.3) is 0 Å². The molecule has 0 bridgehead atoms. The zero-order valence-corrected chi connectivity index (χ0v) is 19.4. The van der Waals surface area contributed by atoms with Gasteiger partial charge in [0.25, 0.3) is 3.79 Å². The molecule has 1 aliphatic heterocycles. The van der Waals surface area contributed by atoms with Crippen molar-refractivity contribution < 1.29 is 57.1 Å². The predicted molar refractivity (Wildman–Crippen MR) is 105 cm³/mol. The first kappa shape index (κ1) is 27.8. The highest BCUT2D eigenvalue weighted by Gasteiger charge is 2.55. The number of rotatable bonds is 6. The van der Waals surface area contributed by atoms with Crippen molar-refractivity contribution in [3.05, 3.63) is 0 Å². The molecule has 16 heteroatoms. The molecule has 0 radical (unpaired) electrons. The third-order valence-corrected chi connectivity index (χ3v) is 4.15. The van der Waals surface area contributed by atoms with E-state index in [-0.39, 0.29) is 0 Å². The van der Waals surface area contributed by atoms with Gasteiger partial charge in [0, 0.05) is 13.8 Å². The Hall–Kier alpha value is -2.22. The second-order valence-electron chi connectivity index (χ2n) is 5.94. The lowest BCUT2D eigenvalue weighted by molar-refractivity contribution is -0.287. The highest BCUT2D eigenvalue weighted by atomic mass is 35.6. The molecular formula is C16H20Cl3NO12. The van der Waals surface area contributed by atoms with Gasteiger partial charge in [-0.1, -0.05) is 34.8 Å². The van der Waals surface area contributed by atoms with Crippen molar-refractivity contribution in [3.8, 4) is 0 Å². The van der Waals surface area contributed by atoms with E-state index in [1.807, 2.05) is 0 Å². The molecule has 0 amide bonds. The van der Waals surface area contributed by atoms with E-state index in [2.05, 4.69) is 9.47 Å². The molecule has 1 aliphatic rings. The number of halogens is 3. The molecule has 1 rings (SSSR count). The average Bonchev–Trinajstić information content (AvgIpc) is 2.69. The van der Waals surface area contributed by atoms with E-state index in [1.54, 1.807) is 0 Å². The summed E-state index contributed by atoms with van der Waals surface area (Å²) in [7, 11) is 1.97. The second-order valence-corrected chi connectivity index (χ2v) is 8.22. The number of hydrogen-bond donors (Lipinski definition) is 1. The molecule has 13 nitrogen and oxygen atoms in total. The van der Waals surface area contributed by atoms with Crippen LogP contribution in [0.4, 0.5) is 9.59 Å². The van der Waals surface area contributed by atoms with Crippen LogP contribution in [0.3, 0.4) is 0 Å². The van der Waals surface area contributed by atoms with Crippen molar-refractivity contribution in [3.63, 3.8) is 0 Å². The van der Waals surface area contributed by atoms with E-state index >= 15 is 0 Å². The molecule has 0 aromatic carbocycles. The molecule has 1 fully saturated rings. The quantitative estimate of drug-likeness (QED) is 0.176. The maximum atomic E-state index is 11.8. The molecule has 5 atom stereocenters. The summed E-state index contributed by atoms with van der Waals surface area (Å²) in [5.74, 6) is -2.53. The van der Waals surface area contributed by atoms with E-state index in [0.717, 1.165) is 28.1 Å². The summed E-state index contributed by atoms with van der Waals surface area (Å²) in [6.07, 6.45) is -10.6. The molecule has 1 N–H and O–H groups in total. The summed E-state index contributed by atoms with van der Waals surface area (Å²) in [6, 6.07) is 0. The summed E-state index contributed by atoms with van der Waals surface area (Å²) >= 11 is 16.8. The fourth-order valence-electron chi connectivity index (χ4n) is 2.40. The lowest BCUT2D eigenvalue weighted by Crippen LogP contribution is -2.63. The number of carbonyl (C=O) groups excluding carboxylic acids is 4. The van der Waals surface area contributed by atoms with Crippen LogP contribution in [-0.2, 0) is 47.5 Å². The Labute approximate surface area is 196 Å². The Morgan fingerprint density at radius 1 is 0.844 bits per heavy atom. The summed E-state index contributed by atoms with van der Waals surface area (Å²) in [4.78, 5) is 46.6. The maximum absolute atomic E-state index is 11.8. The number of carbonyl (C=O) groups is 4. The average molecular weight is 525 g/mol. The summed E-state index contributed by atoms with van der Waals surface area (Å²) in [5.41, 5.74) is 0. The van der Waals surface area contributed by atoms with E-state index in [0.29, 0.717) is 0 Å². The monoisotopic (exact) mass is 523 g/mol. The number of esters is 2. The van der Waals surface area contributed by atoms with Crippen molar-refractivity contribution in [1.82, 2.24) is 0 Å². The number of alkyl halides is 3. The van der Waals surface area contributed by atoms with Crippen LogP contribution in [0.5, 0.6) is 0 Å². The molecule has 0 spiro atoms. The molecule has 0 saturated carbocycles. The van der Waals surface area contributed by atoms with Crippen molar-refractivity contribution in [2.24, 2.45) is 0 Å². The predicted octanol–water partition coefficient (Wildman–Crippen LogP) is 1.87. The smallest absolute Gasteiger partial charge is 0.463 e. The van der Waals surface area contributed by atoms with Crippen LogP contribution in [-0.4, -0.2) is 85.5 Å². The Bertz CT molecular complexity index is 728. The normalized spacial score (nSPS) is 25.0. The van der Waals surface area contributed by atoms with E-state index in [1.165, 1.54) is 0 Å². The van der Waals surface area contributed by atoms with E-state index < -0.39 is 71.3 Å². The van der Waals surface area contributed by atoms with Crippen molar-refractivity contribution in [2.75, 3.05) is 20.8 Å². The summed E-state index contributed by atoms with van der Waals surface area (Å²) in [5, 5.41) is 7.76. The van der Waals surface area contributed by atoms with Crippen LogP contribution in [0, 0.1) is 5.41 Å². The van der Waals surface area contributed by atoms with Gasteiger partial charge in [0.1, 0.15) is 12.7 Å². The minimum Gasteiger partial charge on any atom is -0.463 e. The van der Waals surface area contributed by atoms with Crippen molar-refractivity contribution in [2.45, 2.75) is 48.3 Å². The molecule has 3 unspecified atom stereocenters. The van der Waals surface area contributed by atoms with E-state index in [4.69, 9.17) is 68.6 Å². The van der Waals surface area contributed by atoms with Crippen LogP contribution in [0.15, 0.2) is 0 Å². The van der Waals surface area contributed by atoms with Crippen LogP contribution >= 0.6 is 34.8 Å². The first-order chi connectivity index (χ1) is 14.8. The zero-order chi connectivity index (χ0) is 24.6. The van der Waals surface area contributed by atoms with Gasteiger partial charge in [0.2, 0.25) is 18.3 Å². The van der Waals surface area contributed by atoms with Gasteiger partial charge in [0.05, 0.1) is 14.2 Å². The number of ether oxygens (including phenoxy) is 8. The third kappa shape index (κ3) is 8.37. The minimum atomic E-state index is -2.35. The Morgan fingerprint density at radius 2 is 1.38 bits per heavy atom. The minimum absolute atomic E-state index is 0.528. The topological polar surface area (TPSA) is 166 Å². The van der Waals surface area contributed by atoms with Crippen molar-refractivity contribution in [1.29, 1.82) is 5.41 Å². The van der Waals surface area contributed by atoms with Gasteiger partial charge in [-0.25, -0.2) is 9.59 Å². The number of hydrogen-bond acceptors (Lipinski definition) is 13. The lowest BCUT2D eigenvalue weighted by Gasteiger charge is -2.43. The highest BCUT2D eigenvalue weighted by Crippen LogP contribution is 2.33. The number of methoxy groups -OCH3 is 2. The largest absolute Gasteiger partial charge is 0.508 e. The molecule has 1 heterocycles. The first-order valence-electron chi connectivity index (χ1n) is 8.57. The van der Waals surface area contributed by atoms with Crippen molar-refractivity contribution >= 4 is 64.9 Å². The molecule has 1 saturated heterocycles. The van der Waals surface area contributed by atoms with Crippen LogP contribution in [0.2, 0.25) is 0 Å². The Balaban J connectivity index is 3.44. The Kier molecular flexibility index (Phi) is 10.5. The number of nitrogens with one attached hydrogen (secondary N) is 1. The fraction of sp³-hybridized carbons (Fsp3) is 0.688. The van der Waals surface area contributed by atoms with Gasteiger partial charge in [-0.2, -0.15) is 0 Å². The molecule has 0 aliphatic carbocycles. The van der Waals surface area contributed by atoms with Crippen LogP contribution < -0.4 is 0 Å². The lowest BCUT2D eigenvalue weighted by atomic mass is 9.98. The standard InChI is InChI=1S/C16H20Cl3NO12/c1-6(21)27-5-8-9(28-7(2)22)10(30-14(23)25-3)11(31-15(24)26-4)12(29-8)32-13(20)16(17,18)19/h8-12,20H,5H2,1-4H3/t8?,9-,10?,11?,12-/m1/s1. The SMILES string of the molecule is COC(=O)OC1C(OC(=O)OC)[C@H](OC(C)=O)C(COC(C)=O)O[C@@H]1OC(=N)C(Cl)(Cl)Cl. The Morgan fingerprint density at radius 3 is 1.81 bits per heavy atom. The van der Waals surface area contributed by atoms with Gasteiger partial charge < -0.3 is 37.9 Å². The highest BCUT2D eigenvalue weighted by molar-refractivity contribution is 6.76. The van der Waals surface area contributed by atoms with Gasteiger partial charge in [-0.3, -0.25) is 15.0 Å². The third-order valence-electron chi connectivity index (χ3n) is 3.63. The summed E-state index contributed by atoms with van der Waals surface area (Å²) in [6.45, 7) is 1.61. The van der Waals surface area contributed by atoms with E-state index in [9.17, 15) is 19.2 Å². The van der Waals surface area contributed by atoms with Gasteiger partial charge in [0.15, 0.2) is 12.2 Å². The zero-order valence-electron chi connectivity index (χ0n) is 17.1. The first-order valence-corrected chi connectivity index (χ1v) is 9.71. The fourth-order valence-corrected chi connectivity index (χ4v) is 2.54. The summed E-state index contributed by atoms with van der Waals surface area (Å²) < 4.78 is 37.4. The van der Waals surface area contributed by atoms with Gasteiger partial charge in [-0.05, 0) is 0 Å². The maximum Gasteiger partial charge on any atom is 0.508 e. The molecule has 0 aromatic rings. The van der Waals surface area contributed by atoms with Crippen LogP contribution in [0.1, 0.15) is 13.8 Å².